The van der Waals surface area contributed by atoms with Crippen LogP contribution in [0.4, 0.5) is 0 Å². The van der Waals surface area contributed by atoms with Gasteiger partial charge in [0.25, 0.3) is 0 Å². The maximum absolute atomic E-state index is 4.38. The van der Waals surface area contributed by atoms with Crippen molar-refractivity contribution in [2.24, 2.45) is 0 Å². The molecule has 1 saturated heterocycles. The molecular formula is C13H18N4. The van der Waals surface area contributed by atoms with E-state index in [0.29, 0.717) is 6.04 Å². The number of hydrogen-bond acceptors (Lipinski definition) is 3. The topological polar surface area (TPSA) is 34.0 Å². The van der Waals surface area contributed by atoms with Gasteiger partial charge in [-0.3, -0.25) is 4.90 Å². The summed E-state index contributed by atoms with van der Waals surface area (Å²) in [4.78, 5) is 2.62. The van der Waals surface area contributed by atoms with E-state index in [0.717, 1.165) is 25.6 Å². The molecule has 4 nitrogen and oxygen atoms in total. The Hall–Kier alpha value is -1.16. The van der Waals surface area contributed by atoms with Gasteiger partial charge >= 0.3 is 0 Å². The van der Waals surface area contributed by atoms with Crippen LogP contribution in [-0.4, -0.2) is 31.7 Å². The Bertz CT molecular complexity index is 462. The van der Waals surface area contributed by atoms with Gasteiger partial charge in [0.05, 0.1) is 6.54 Å². The van der Waals surface area contributed by atoms with Crippen LogP contribution < -0.4 is 0 Å². The lowest BCUT2D eigenvalue weighted by Gasteiger charge is -2.30. The van der Waals surface area contributed by atoms with Crippen LogP contribution in [0.5, 0.6) is 0 Å². The molecule has 90 valence electrons. The summed E-state index contributed by atoms with van der Waals surface area (Å²) in [7, 11) is 0. The predicted molar refractivity (Wildman–Crippen MR) is 64.5 cm³/mol. The standard InChI is InChI=1S/C13H18N4/c1-3-10-6-7-11(4-1)17(10)9-13-15-14-12-5-2-8-16(12)13/h1,3,10-11H,2,4-9H2. The Labute approximate surface area is 101 Å². The fraction of sp³-hybridized carbons (Fsp3) is 0.692. The molecular weight excluding hydrogens is 212 g/mol. The highest BCUT2D eigenvalue weighted by molar-refractivity contribution is 5.10. The zero-order valence-corrected chi connectivity index (χ0v) is 10.0. The van der Waals surface area contributed by atoms with E-state index in [1.54, 1.807) is 0 Å². The summed E-state index contributed by atoms with van der Waals surface area (Å²) in [5.74, 6) is 2.38. The Kier molecular flexibility index (Phi) is 2.12. The average molecular weight is 230 g/mol. The number of rotatable bonds is 2. The van der Waals surface area contributed by atoms with Crippen LogP contribution in [0.3, 0.4) is 0 Å². The number of aromatic nitrogens is 3. The van der Waals surface area contributed by atoms with Gasteiger partial charge < -0.3 is 4.57 Å². The van der Waals surface area contributed by atoms with E-state index in [2.05, 4.69) is 31.8 Å². The van der Waals surface area contributed by atoms with E-state index in [1.165, 1.54) is 37.3 Å². The van der Waals surface area contributed by atoms with E-state index in [-0.39, 0.29) is 0 Å². The first kappa shape index (κ1) is 9.83. The molecule has 17 heavy (non-hydrogen) atoms. The first-order chi connectivity index (χ1) is 8.42. The minimum Gasteiger partial charge on any atom is -0.314 e. The van der Waals surface area contributed by atoms with Crippen LogP contribution >= 0.6 is 0 Å². The van der Waals surface area contributed by atoms with Crippen molar-refractivity contribution in [2.75, 3.05) is 0 Å². The number of aryl methyl sites for hydroxylation is 1. The van der Waals surface area contributed by atoms with Gasteiger partial charge in [-0.25, -0.2) is 0 Å². The summed E-state index contributed by atoms with van der Waals surface area (Å²) in [6.07, 6.45) is 11.0. The van der Waals surface area contributed by atoms with Crippen molar-refractivity contribution >= 4 is 0 Å². The van der Waals surface area contributed by atoms with E-state index in [9.17, 15) is 0 Å². The highest BCUT2D eigenvalue weighted by Gasteiger charge is 2.34. The molecule has 4 heteroatoms. The van der Waals surface area contributed by atoms with E-state index >= 15 is 0 Å². The molecule has 0 aromatic carbocycles. The third kappa shape index (κ3) is 1.47. The Balaban J connectivity index is 1.59. The van der Waals surface area contributed by atoms with E-state index < -0.39 is 0 Å². The maximum Gasteiger partial charge on any atom is 0.147 e. The lowest BCUT2D eigenvalue weighted by atomic mass is 10.1. The maximum atomic E-state index is 4.38. The summed E-state index contributed by atoms with van der Waals surface area (Å²) in [5.41, 5.74) is 0. The lowest BCUT2D eigenvalue weighted by molar-refractivity contribution is 0.192. The number of nitrogens with zero attached hydrogens (tertiary/aromatic N) is 4. The first-order valence-corrected chi connectivity index (χ1v) is 6.75. The molecule has 1 aromatic rings. The second-order valence-electron chi connectivity index (χ2n) is 5.42. The molecule has 4 heterocycles. The zero-order chi connectivity index (χ0) is 11.2. The molecule has 0 aliphatic carbocycles. The minimum absolute atomic E-state index is 0.656. The summed E-state index contributed by atoms with van der Waals surface area (Å²) in [6, 6.07) is 1.41. The molecule has 0 amide bonds. The van der Waals surface area contributed by atoms with Crippen LogP contribution in [0, 0.1) is 0 Å². The molecule has 3 aliphatic rings. The smallest absolute Gasteiger partial charge is 0.147 e. The van der Waals surface area contributed by atoms with Crippen molar-refractivity contribution < 1.29 is 0 Å². The van der Waals surface area contributed by atoms with Crippen molar-refractivity contribution in [3.8, 4) is 0 Å². The Morgan fingerprint density at radius 1 is 1.29 bits per heavy atom. The normalized spacial score (nSPS) is 31.1. The highest BCUT2D eigenvalue weighted by atomic mass is 15.3. The SMILES string of the molecule is C1=CC2CCC(C1)N2Cc1nnc2n1CCC2. The van der Waals surface area contributed by atoms with Gasteiger partial charge in [0.15, 0.2) is 0 Å². The molecule has 3 aliphatic heterocycles. The molecule has 0 N–H and O–H groups in total. The summed E-state index contributed by atoms with van der Waals surface area (Å²) < 4.78 is 2.33. The zero-order valence-electron chi connectivity index (χ0n) is 10.0. The quantitative estimate of drug-likeness (QED) is 0.722. The molecule has 1 aromatic heterocycles. The average Bonchev–Trinajstić information content (AvgIpc) is 2.97. The number of fused-ring (bicyclic) bond motifs is 3. The lowest BCUT2D eigenvalue weighted by Crippen LogP contribution is -2.37. The van der Waals surface area contributed by atoms with Gasteiger partial charge in [0.2, 0.25) is 0 Å². The van der Waals surface area contributed by atoms with Gasteiger partial charge in [-0.05, 0) is 25.7 Å². The first-order valence-electron chi connectivity index (χ1n) is 6.75. The van der Waals surface area contributed by atoms with Crippen molar-refractivity contribution in [1.82, 2.24) is 19.7 Å². The summed E-state index contributed by atoms with van der Waals surface area (Å²) >= 11 is 0. The van der Waals surface area contributed by atoms with Crippen LogP contribution in [0.25, 0.3) is 0 Å². The van der Waals surface area contributed by atoms with Gasteiger partial charge in [0, 0.05) is 25.0 Å². The fourth-order valence-electron chi connectivity index (χ4n) is 3.56. The van der Waals surface area contributed by atoms with Crippen LogP contribution in [0.1, 0.15) is 37.3 Å². The van der Waals surface area contributed by atoms with Crippen LogP contribution in [-0.2, 0) is 19.5 Å². The number of hydrogen-bond donors (Lipinski definition) is 0. The van der Waals surface area contributed by atoms with Gasteiger partial charge in [-0.15, -0.1) is 10.2 Å². The largest absolute Gasteiger partial charge is 0.314 e. The highest BCUT2D eigenvalue weighted by Crippen LogP contribution is 2.32. The molecule has 2 unspecified atom stereocenters. The second kappa shape index (κ2) is 3.67. The van der Waals surface area contributed by atoms with Crippen molar-refractivity contribution in [3.05, 3.63) is 23.8 Å². The Morgan fingerprint density at radius 3 is 3.24 bits per heavy atom. The van der Waals surface area contributed by atoms with E-state index in [4.69, 9.17) is 0 Å². The van der Waals surface area contributed by atoms with E-state index in [1.807, 2.05) is 0 Å². The van der Waals surface area contributed by atoms with Crippen molar-refractivity contribution in [2.45, 2.75) is 57.3 Å². The summed E-state index contributed by atoms with van der Waals surface area (Å²) in [6.45, 7) is 2.11. The molecule has 2 atom stereocenters. The van der Waals surface area contributed by atoms with Crippen LogP contribution in [0.15, 0.2) is 12.2 Å². The molecule has 0 radical (unpaired) electrons. The summed E-state index contributed by atoms with van der Waals surface area (Å²) in [5, 5.41) is 8.68. The van der Waals surface area contributed by atoms with Gasteiger partial charge in [-0.1, -0.05) is 12.2 Å². The molecule has 1 fully saturated rings. The monoisotopic (exact) mass is 230 g/mol. The third-order valence-electron chi connectivity index (χ3n) is 4.47. The molecule has 0 spiro atoms. The second-order valence-corrected chi connectivity index (χ2v) is 5.42. The fourth-order valence-corrected chi connectivity index (χ4v) is 3.56. The molecule has 4 rings (SSSR count). The van der Waals surface area contributed by atoms with Gasteiger partial charge in [-0.2, -0.15) is 0 Å². The molecule has 2 bridgehead atoms. The van der Waals surface area contributed by atoms with Crippen LogP contribution in [0.2, 0.25) is 0 Å². The van der Waals surface area contributed by atoms with Crippen molar-refractivity contribution in [3.63, 3.8) is 0 Å². The third-order valence-corrected chi connectivity index (χ3v) is 4.47. The van der Waals surface area contributed by atoms with Crippen molar-refractivity contribution in [1.29, 1.82) is 0 Å². The molecule has 0 saturated carbocycles. The Morgan fingerprint density at radius 2 is 2.29 bits per heavy atom. The predicted octanol–water partition coefficient (Wildman–Crippen LogP) is 1.52. The van der Waals surface area contributed by atoms with Gasteiger partial charge in [0.1, 0.15) is 11.6 Å². The minimum atomic E-state index is 0.656.